The van der Waals surface area contributed by atoms with Gasteiger partial charge in [-0.2, -0.15) is 0 Å². The van der Waals surface area contributed by atoms with Crippen molar-refractivity contribution in [2.75, 3.05) is 6.61 Å². The Balaban J connectivity index is 2.17. The molecule has 0 radical (unpaired) electrons. The molecule has 0 fully saturated rings. The first-order valence-electron chi connectivity index (χ1n) is 8.11. The number of benzene rings is 2. The van der Waals surface area contributed by atoms with Gasteiger partial charge >= 0.3 is 0 Å². The molecular weight excluding hydrogens is 324 g/mol. The van der Waals surface area contributed by atoms with Crippen molar-refractivity contribution in [3.63, 3.8) is 0 Å². The Bertz CT molecular complexity index is 564. The van der Waals surface area contributed by atoms with Gasteiger partial charge in [-0.1, -0.05) is 48.5 Å². The largest absolute Gasteiger partial charge is 0.487 e. The highest BCUT2D eigenvalue weighted by molar-refractivity contribution is 5.22. The van der Waals surface area contributed by atoms with Crippen molar-refractivity contribution < 1.29 is 30.3 Å². The summed E-state index contributed by atoms with van der Waals surface area (Å²) >= 11 is 0. The fraction of sp³-hybridized carbons (Fsp3) is 0.368. The van der Waals surface area contributed by atoms with Crippen LogP contribution in [0, 0.1) is 0 Å². The lowest BCUT2D eigenvalue weighted by Crippen LogP contribution is -2.52. The SMILES string of the molecule is OCC(O)C(O)C(O)C(O)C(Cc1ccccc1)Oc1ccccc1. The lowest BCUT2D eigenvalue weighted by atomic mass is 9.95. The minimum absolute atomic E-state index is 0.288. The Hall–Kier alpha value is -1.96. The van der Waals surface area contributed by atoms with E-state index in [-0.39, 0.29) is 6.42 Å². The molecule has 0 spiro atoms. The zero-order chi connectivity index (χ0) is 18.2. The lowest BCUT2D eigenvalue weighted by Gasteiger charge is -2.31. The van der Waals surface area contributed by atoms with Crippen molar-refractivity contribution in [2.45, 2.75) is 36.9 Å². The molecule has 136 valence electrons. The van der Waals surface area contributed by atoms with E-state index < -0.39 is 37.1 Å². The van der Waals surface area contributed by atoms with Crippen LogP contribution in [0.4, 0.5) is 0 Å². The molecule has 0 heterocycles. The first-order valence-corrected chi connectivity index (χ1v) is 8.11. The highest BCUT2D eigenvalue weighted by Crippen LogP contribution is 2.19. The van der Waals surface area contributed by atoms with Gasteiger partial charge in [0, 0.05) is 6.42 Å². The molecule has 0 amide bonds. The van der Waals surface area contributed by atoms with Crippen LogP contribution in [0.5, 0.6) is 5.75 Å². The highest BCUT2D eigenvalue weighted by Gasteiger charge is 2.36. The number of aliphatic hydroxyl groups is 5. The molecule has 2 rings (SSSR count). The van der Waals surface area contributed by atoms with Gasteiger partial charge < -0.3 is 30.3 Å². The van der Waals surface area contributed by atoms with Gasteiger partial charge in [0.2, 0.25) is 0 Å². The van der Waals surface area contributed by atoms with E-state index in [0.29, 0.717) is 5.75 Å². The Kier molecular flexibility index (Phi) is 7.36. The summed E-state index contributed by atoms with van der Waals surface area (Å²) in [5, 5.41) is 48.9. The molecule has 0 aromatic heterocycles. The average molecular weight is 348 g/mol. The van der Waals surface area contributed by atoms with Crippen molar-refractivity contribution >= 4 is 0 Å². The van der Waals surface area contributed by atoms with Crippen LogP contribution in [-0.4, -0.2) is 62.7 Å². The number of para-hydroxylation sites is 1. The first kappa shape index (κ1) is 19.4. The van der Waals surface area contributed by atoms with Crippen LogP contribution in [0.25, 0.3) is 0 Å². The van der Waals surface area contributed by atoms with E-state index >= 15 is 0 Å². The van der Waals surface area contributed by atoms with Crippen LogP contribution in [0.3, 0.4) is 0 Å². The molecule has 2 aromatic carbocycles. The third-order valence-electron chi connectivity index (χ3n) is 3.97. The van der Waals surface area contributed by atoms with Crippen molar-refractivity contribution in [2.24, 2.45) is 0 Å². The molecule has 0 aliphatic rings. The standard InChI is InChI=1S/C19H24O6/c20-12-15(21)17(22)19(24)18(23)16(11-13-7-3-1-4-8-13)25-14-9-5-2-6-10-14/h1-10,15-24H,11-12H2. The predicted molar refractivity (Wildman–Crippen MR) is 92.1 cm³/mol. The minimum atomic E-state index is -1.70. The second kappa shape index (κ2) is 9.50. The van der Waals surface area contributed by atoms with Crippen LogP contribution in [0.15, 0.2) is 60.7 Å². The molecule has 5 atom stereocenters. The monoisotopic (exact) mass is 348 g/mol. The van der Waals surface area contributed by atoms with E-state index in [2.05, 4.69) is 0 Å². The fourth-order valence-electron chi connectivity index (χ4n) is 2.51. The summed E-state index contributed by atoms with van der Waals surface area (Å²) in [7, 11) is 0. The summed E-state index contributed by atoms with van der Waals surface area (Å²) in [4.78, 5) is 0. The van der Waals surface area contributed by atoms with E-state index in [1.807, 2.05) is 36.4 Å². The van der Waals surface area contributed by atoms with E-state index in [1.54, 1.807) is 24.3 Å². The van der Waals surface area contributed by atoms with Crippen LogP contribution in [0.1, 0.15) is 5.56 Å². The van der Waals surface area contributed by atoms with Gasteiger partial charge in [-0.25, -0.2) is 0 Å². The summed E-state index contributed by atoms with van der Waals surface area (Å²) in [5.74, 6) is 0.506. The molecule has 0 bridgehead atoms. The molecule has 5 N–H and O–H groups in total. The summed E-state index contributed by atoms with van der Waals surface area (Å²) in [6, 6.07) is 18.1. The Morgan fingerprint density at radius 2 is 1.28 bits per heavy atom. The molecular formula is C19H24O6. The van der Waals surface area contributed by atoms with Gasteiger partial charge in [0.15, 0.2) is 0 Å². The van der Waals surface area contributed by atoms with Crippen molar-refractivity contribution in [3.8, 4) is 5.75 Å². The molecule has 6 heteroatoms. The fourth-order valence-corrected chi connectivity index (χ4v) is 2.51. The van der Waals surface area contributed by atoms with Crippen molar-refractivity contribution in [1.82, 2.24) is 0 Å². The number of hydrogen-bond acceptors (Lipinski definition) is 6. The molecule has 25 heavy (non-hydrogen) atoms. The molecule has 0 saturated carbocycles. The van der Waals surface area contributed by atoms with Gasteiger partial charge in [0.1, 0.15) is 36.3 Å². The Labute approximate surface area is 146 Å². The second-order valence-electron chi connectivity index (χ2n) is 5.88. The maximum atomic E-state index is 10.5. The van der Waals surface area contributed by atoms with Crippen molar-refractivity contribution in [3.05, 3.63) is 66.2 Å². The van der Waals surface area contributed by atoms with E-state index in [0.717, 1.165) is 5.56 Å². The quantitative estimate of drug-likeness (QED) is 0.440. The van der Waals surface area contributed by atoms with Crippen LogP contribution >= 0.6 is 0 Å². The number of aliphatic hydroxyl groups excluding tert-OH is 5. The molecule has 6 nitrogen and oxygen atoms in total. The minimum Gasteiger partial charge on any atom is -0.487 e. The van der Waals surface area contributed by atoms with E-state index in [4.69, 9.17) is 9.84 Å². The molecule has 0 aliphatic carbocycles. The number of ether oxygens (including phenoxy) is 1. The van der Waals surface area contributed by atoms with Gasteiger partial charge in [0.25, 0.3) is 0 Å². The third kappa shape index (κ3) is 5.52. The Morgan fingerprint density at radius 3 is 1.84 bits per heavy atom. The van der Waals surface area contributed by atoms with Gasteiger partial charge in [0.05, 0.1) is 6.61 Å². The Morgan fingerprint density at radius 1 is 0.720 bits per heavy atom. The van der Waals surface area contributed by atoms with Crippen LogP contribution in [-0.2, 0) is 6.42 Å². The smallest absolute Gasteiger partial charge is 0.131 e. The van der Waals surface area contributed by atoms with E-state index in [1.165, 1.54) is 0 Å². The van der Waals surface area contributed by atoms with Gasteiger partial charge in [-0.15, -0.1) is 0 Å². The third-order valence-corrected chi connectivity index (χ3v) is 3.97. The van der Waals surface area contributed by atoms with Crippen LogP contribution < -0.4 is 4.74 Å². The number of rotatable bonds is 9. The molecule has 5 unspecified atom stereocenters. The van der Waals surface area contributed by atoms with Crippen LogP contribution in [0.2, 0.25) is 0 Å². The molecule has 0 aliphatic heterocycles. The number of hydrogen-bond donors (Lipinski definition) is 5. The maximum Gasteiger partial charge on any atom is 0.131 e. The zero-order valence-corrected chi connectivity index (χ0v) is 13.7. The second-order valence-corrected chi connectivity index (χ2v) is 5.88. The summed E-state index contributed by atoms with van der Waals surface area (Å²) < 4.78 is 5.80. The maximum absolute atomic E-state index is 10.5. The zero-order valence-electron chi connectivity index (χ0n) is 13.7. The summed E-state index contributed by atoms with van der Waals surface area (Å²) in [6.07, 6.45) is -6.98. The average Bonchev–Trinajstić information content (AvgIpc) is 2.66. The van der Waals surface area contributed by atoms with Crippen molar-refractivity contribution in [1.29, 1.82) is 0 Å². The topological polar surface area (TPSA) is 110 Å². The van der Waals surface area contributed by atoms with Gasteiger partial charge in [-0.05, 0) is 17.7 Å². The lowest BCUT2D eigenvalue weighted by molar-refractivity contribution is -0.136. The summed E-state index contributed by atoms with van der Waals surface area (Å²) in [6.45, 7) is -0.728. The summed E-state index contributed by atoms with van der Waals surface area (Å²) in [5.41, 5.74) is 0.881. The first-order chi connectivity index (χ1) is 12.0. The van der Waals surface area contributed by atoms with E-state index in [9.17, 15) is 20.4 Å². The molecule has 2 aromatic rings. The van der Waals surface area contributed by atoms with Gasteiger partial charge in [-0.3, -0.25) is 0 Å². The predicted octanol–water partition coefficient (Wildman–Crippen LogP) is 0.113. The highest BCUT2D eigenvalue weighted by atomic mass is 16.5. The normalized spacial score (nSPS) is 17.3. The molecule has 0 saturated heterocycles.